The van der Waals surface area contributed by atoms with Gasteiger partial charge in [-0.25, -0.2) is 22.3 Å². The number of hydrogen-bond acceptors (Lipinski definition) is 6. The summed E-state index contributed by atoms with van der Waals surface area (Å²) in [6.07, 6.45) is 0. The molecule has 1 aliphatic rings. The quantitative estimate of drug-likeness (QED) is 0.457. The van der Waals surface area contributed by atoms with E-state index in [1.165, 1.54) is 42.5 Å². The Labute approximate surface area is 201 Å². The fraction of sp³-hybridized carbons (Fsp3) is 0.125. The number of carboxylic acids is 1. The maximum absolute atomic E-state index is 13.2. The summed E-state index contributed by atoms with van der Waals surface area (Å²) in [5.74, 6) is -0.963. The van der Waals surface area contributed by atoms with Gasteiger partial charge >= 0.3 is 12.0 Å². The molecule has 1 heterocycles. The van der Waals surface area contributed by atoms with Crippen LogP contribution in [0.2, 0.25) is 0 Å². The van der Waals surface area contributed by atoms with Crippen molar-refractivity contribution in [2.24, 2.45) is 0 Å². The molecule has 180 valence electrons. The Morgan fingerprint density at radius 3 is 2.40 bits per heavy atom. The van der Waals surface area contributed by atoms with Crippen LogP contribution in [0.5, 0.6) is 5.75 Å². The number of methoxy groups -OCH3 is 1. The average Bonchev–Trinajstić information content (AvgIpc) is 2.85. The fourth-order valence-electron chi connectivity index (χ4n) is 3.53. The number of anilines is 1. The van der Waals surface area contributed by atoms with Gasteiger partial charge in [-0.05, 0) is 53.6 Å². The van der Waals surface area contributed by atoms with Crippen molar-refractivity contribution in [2.45, 2.75) is 18.0 Å². The molecule has 0 atom stereocenters. The highest BCUT2D eigenvalue weighted by Crippen LogP contribution is 2.32. The molecule has 0 fully saturated rings. The third-order valence-corrected chi connectivity index (χ3v) is 7.16. The topological polar surface area (TPSA) is 142 Å². The molecule has 0 aromatic heterocycles. The van der Waals surface area contributed by atoms with E-state index in [0.717, 1.165) is 5.56 Å². The van der Waals surface area contributed by atoms with E-state index in [0.29, 0.717) is 15.6 Å². The molecule has 3 N–H and O–H groups in total. The SMILES string of the molecule is COc1cccc(CNC(=O)c2ccc3c(c2)S(=O)(=O)N(Cc2ccc(C(=O)O)cc2)C(=O)N3)c1. The van der Waals surface area contributed by atoms with Crippen LogP contribution in [0, 0.1) is 0 Å². The van der Waals surface area contributed by atoms with Gasteiger partial charge in [0.2, 0.25) is 0 Å². The van der Waals surface area contributed by atoms with Crippen LogP contribution in [0.4, 0.5) is 10.5 Å². The van der Waals surface area contributed by atoms with Crippen LogP contribution in [0.25, 0.3) is 0 Å². The Hall–Kier alpha value is -4.38. The maximum atomic E-state index is 13.2. The lowest BCUT2D eigenvalue weighted by Gasteiger charge is -2.29. The Balaban J connectivity index is 1.55. The molecular formula is C24H21N3O7S. The highest BCUT2D eigenvalue weighted by atomic mass is 32.2. The molecule has 0 bridgehead atoms. The number of fused-ring (bicyclic) bond motifs is 1. The zero-order valence-corrected chi connectivity index (χ0v) is 19.3. The number of carbonyl (C=O) groups is 3. The van der Waals surface area contributed by atoms with Crippen molar-refractivity contribution < 1.29 is 32.6 Å². The Morgan fingerprint density at radius 2 is 1.71 bits per heavy atom. The van der Waals surface area contributed by atoms with E-state index in [2.05, 4.69) is 10.6 Å². The van der Waals surface area contributed by atoms with Crippen molar-refractivity contribution in [1.29, 1.82) is 0 Å². The molecule has 3 amide bonds. The minimum absolute atomic E-state index is 0.0367. The Bertz CT molecular complexity index is 1420. The number of carbonyl (C=O) groups excluding carboxylic acids is 2. The predicted octanol–water partition coefficient (Wildman–Crippen LogP) is 3.06. The molecule has 0 saturated heterocycles. The van der Waals surface area contributed by atoms with Gasteiger partial charge in [0.1, 0.15) is 10.6 Å². The number of amides is 3. The summed E-state index contributed by atoms with van der Waals surface area (Å²) in [5, 5.41) is 14.3. The number of rotatable bonds is 7. The van der Waals surface area contributed by atoms with Crippen molar-refractivity contribution in [3.8, 4) is 5.75 Å². The van der Waals surface area contributed by atoms with Crippen LogP contribution in [0.15, 0.2) is 71.6 Å². The van der Waals surface area contributed by atoms with Crippen LogP contribution in [-0.2, 0) is 23.1 Å². The number of nitrogens with zero attached hydrogens (tertiary/aromatic N) is 1. The average molecular weight is 496 g/mol. The zero-order chi connectivity index (χ0) is 25.2. The summed E-state index contributed by atoms with van der Waals surface area (Å²) in [6, 6.07) is 15.8. The van der Waals surface area contributed by atoms with Crippen LogP contribution in [-0.4, -0.2) is 42.8 Å². The normalized spacial score (nSPS) is 14.0. The van der Waals surface area contributed by atoms with Gasteiger partial charge in [-0.3, -0.25) is 4.79 Å². The van der Waals surface area contributed by atoms with E-state index in [1.807, 2.05) is 6.07 Å². The number of nitrogens with one attached hydrogen (secondary N) is 2. The molecular weight excluding hydrogens is 474 g/mol. The minimum Gasteiger partial charge on any atom is -0.497 e. The molecule has 0 spiro atoms. The van der Waals surface area contributed by atoms with Crippen LogP contribution in [0.1, 0.15) is 31.8 Å². The lowest BCUT2D eigenvalue weighted by atomic mass is 10.1. The monoisotopic (exact) mass is 495 g/mol. The van der Waals surface area contributed by atoms with Gasteiger partial charge in [-0.15, -0.1) is 0 Å². The summed E-state index contributed by atoms with van der Waals surface area (Å²) in [6.45, 7) is -0.102. The van der Waals surface area contributed by atoms with E-state index in [9.17, 15) is 22.8 Å². The van der Waals surface area contributed by atoms with Crippen molar-refractivity contribution in [1.82, 2.24) is 9.62 Å². The zero-order valence-electron chi connectivity index (χ0n) is 18.5. The van der Waals surface area contributed by atoms with Gasteiger partial charge < -0.3 is 20.5 Å². The van der Waals surface area contributed by atoms with Gasteiger partial charge in [0.25, 0.3) is 15.9 Å². The third kappa shape index (κ3) is 4.94. The van der Waals surface area contributed by atoms with Gasteiger partial charge in [0.05, 0.1) is 24.9 Å². The Morgan fingerprint density at radius 1 is 1.00 bits per heavy atom. The lowest BCUT2D eigenvalue weighted by Crippen LogP contribution is -2.43. The molecule has 0 saturated carbocycles. The van der Waals surface area contributed by atoms with Crippen LogP contribution >= 0.6 is 0 Å². The standard InChI is InChI=1S/C24H21N3O7S/c1-34-19-4-2-3-16(11-19)13-25-22(28)18-9-10-20-21(12-18)35(32,33)27(24(31)26-20)14-15-5-7-17(8-6-15)23(29)30/h2-12H,13-14H2,1H3,(H,25,28)(H,26,31)(H,29,30). The molecule has 0 aliphatic carbocycles. The molecule has 10 nitrogen and oxygen atoms in total. The van der Waals surface area contributed by atoms with Gasteiger partial charge in [0, 0.05) is 12.1 Å². The van der Waals surface area contributed by atoms with E-state index in [4.69, 9.17) is 9.84 Å². The van der Waals surface area contributed by atoms with Crippen molar-refractivity contribution in [3.05, 3.63) is 89.0 Å². The highest BCUT2D eigenvalue weighted by molar-refractivity contribution is 7.90. The van der Waals surface area contributed by atoms with E-state index < -0.39 is 27.9 Å². The lowest BCUT2D eigenvalue weighted by molar-refractivity contribution is 0.0696. The first kappa shape index (κ1) is 23.8. The predicted molar refractivity (Wildman–Crippen MR) is 126 cm³/mol. The summed E-state index contributed by atoms with van der Waals surface area (Å²) < 4.78 is 32.3. The molecule has 0 unspecified atom stereocenters. The number of benzene rings is 3. The second-order valence-corrected chi connectivity index (χ2v) is 9.52. The fourth-order valence-corrected chi connectivity index (χ4v) is 5.02. The van der Waals surface area contributed by atoms with Crippen LogP contribution in [0.3, 0.4) is 0 Å². The third-order valence-electron chi connectivity index (χ3n) is 5.39. The number of carboxylic acid groups (broad SMARTS) is 1. The molecule has 35 heavy (non-hydrogen) atoms. The minimum atomic E-state index is -4.28. The molecule has 3 aromatic carbocycles. The van der Waals surface area contributed by atoms with Crippen molar-refractivity contribution >= 4 is 33.6 Å². The second-order valence-electron chi connectivity index (χ2n) is 7.69. The largest absolute Gasteiger partial charge is 0.497 e. The Kier molecular flexibility index (Phi) is 6.43. The molecule has 0 radical (unpaired) electrons. The number of ether oxygens (including phenoxy) is 1. The number of aromatic carboxylic acids is 1. The van der Waals surface area contributed by atoms with Crippen molar-refractivity contribution in [3.63, 3.8) is 0 Å². The first-order valence-electron chi connectivity index (χ1n) is 10.4. The number of urea groups is 1. The van der Waals surface area contributed by atoms with E-state index in [1.54, 1.807) is 25.3 Å². The highest BCUT2D eigenvalue weighted by Gasteiger charge is 2.37. The molecule has 11 heteroatoms. The first-order valence-corrected chi connectivity index (χ1v) is 11.8. The van der Waals surface area contributed by atoms with Crippen LogP contribution < -0.4 is 15.4 Å². The van der Waals surface area contributed by atoms with E-state index in [-0.39, 0.29) is 34.8 Å². The molecule has 3 aromatic rings. The number of sulfonamides is 1. The second kappa shape index (κ2) is 9.47. The molecule has 4 rings (SSSR count). The summed E-state index contributed by atoms with van der Waals surface area (Å²) in [4.78, 5) is 36.1. The summed E-state index contributed by atoms with van der Waals surface area (Å²) in [5.41, 5.74) is 1.43. The van der Waals surface area contributed by atoms with Gasteiger partial charge in [-0.2, -0.15) is 0 Å². The summed E-state index contributed by atoms with van der Waals surface area (Å²) >= 11 is 0. The maximum Gasteiger partial charge on any atom is 0.336 e. The smallest absolute Gasteiger partial charge is 0.336 e. The first-order chi connectivity index (χ1) is 16.7. The van der Waals surface area contributed by atoms with E-state index >= 15 is 0 Å². The van der Waals surface area contributed by atoms with Crippen molar-refractivity contribution in [2.75, 3.05) is 12.4 Å². The van der Waals surface area contributed by atoms with Gasteiger partial charge in [0.15, 0.2) is 0 Å². The number of hydrogen-bond donors (Lipinski definition) is 3. The van der Waals surface area contributed by atoms with Gasteiger partial charge in [-0.1, -0.05) is 24.3 Å². The summed E-state index contributed by atoms with van der Waals surface area (Å²) in [7, 11) is -2.74. The molecule has 1 aliphatic heterocycles.